The third-order valence-corrected chi connectivity index (χ3v) is 2.72. The lowest BCUT2D eigenvalue weighted by molar-refractivity contribution is 0.683. The van der Waals surface area contributed by atoms with Gasteiger partial charge in [0.2, 0.25) is 0 Å². The van der Waals surface area contributed by atoms with Gasteiger partial charge in [-0.2, -0.15) is 0 Å². The Bertz CT molecular complexity index is 284. The molecule has 0 saturated carbocycles. The fourth-order valence-electron chi connectivity index (χ4n) is 1.37. The minimum absolute atomic E-state index is 0.722. The maximum Gasteiger partial charge on any atom is 0.145 e. The highest BCUT2D eigenvalue weighted by Crippen LogP contribution is 2.15. The van der Waals surface area contributed by atoms with Gasteiger partial charge in [0.05, 0.1) is 10.8 Å². The topological polar surface area (TPSA) is 34.9 Å². The minimum Gasteiger partial charge on any atom is -0.334 e. The summed E-state index contributed by atoms with van der Waals surface area (Å²) in [7, 11) is -0.918. The summed E-state index contributed by atoms with van der Waals surface area (Å²) in [5, 5.41) is 0.722. The highest BCUT2D eigenvalue weighted by molar-refractivity contribution is 7.84. The predicted molar refractivity (Wildman–Crippen MR) is 42.9 cm³/mol. The van der Waals surface area contributed by atoms with E-state index in [1.165, 1.54) is 6.42 Å². The molecule has 1 atom stereocenters. The van der Waals surface area contributed by atoms with E-state index in [9.17, 15) is 4.21 Å². The molecule has 0 amide bonds. The number of aromatic nitrogens is 2. The number of imidazole rings is 1. The van der Waals surface area contributed by atoms with E-state index in [0.29, 0.717) is 0 Å². The molecular formula is C7H10N2OS. The van der Waals surface area contributed by atoms with Crippen molar-refractivity contribution >= 4 is 10.8 Å². The number of fused-ring (bicyclic) bond motifs is 1. The van der Waals surface area contributed by atoms with Crippen molar-refractivity contribution < 1.29 is 4.21 Å². The molecule has 0 saturated heterocycles. The Labute approximate surface area is 67.9 Å². The van der Waals surface area contributed by atoms with Crippen LogP contribution in [0.15, 0.2) is 11.2 Å². The summed E-state index contributed by atoms with van der Waals surface area (Å²) in [6, 6.07) is 0. The first-order chi connectivity index (χ1) is 5.27. The summed E-state index contributed by atoms with van der Waals surface area (Å²) in [6.45, 7) is 1.04. The number of hydrogen-bond donors (Lipinski definition) is 0. The fourth-order valence-corrected chi connectivity index (χ4v) is 1.88. The number of rotatable bonds is 1. The molecule has 0 aromatic carbocycles. The highest BCUT2D eigenvalue weighted by atomic mass is 32.2. The van der Waals surface area contributed by atoms with Crippen molar-refractivity contribution in [3.05, 3.63) is 12.0 Å². The second-order valence-electron chi connectivity index (χ2n) is 2.75. The zero-order chi connectivity index (χ0) is 7.84. The summed E-state index contributed by atoms with van der Waals surface area (Å²) in [4.78, 5) is 4.25. The van der Waals surface area contributed by atoms with Gasteiger partial charge < -0.3 is 4.57 Å². The Hall–Kier alpha value is -0.640. The summed E-state index contributed by atoms with van der Waals surface area (Å²) < 4.78 is 13.1. The average molecular weight is 170 g/mol. The predicted octanol–water partition coefficient (Wildman–Crippen LogP) is 0.567. The first-order valence-corrected chi connectivity index (χ1v) is 5.22. The largest absolute Gasteiger partial charge is 0.334 e. The Morgan fingerprint density at radius 1 is 1.73 bits per heavy atom. The normalized spacial score (nSPS) is 18.3. The fraction of sp³-hybridized carbons (Fsp3) is 0.571. The molecule has 3 nitrogen and oxygen atoms in total. The Morgan fingerprint density at radius 3 is 3.18 bits per heavy atom. The Balaban J connectivity index is 2.42. The van der Waals surface area contributed by atoms with Crippen molar-refractivity contribution in [3.63, 3.8) is 0 Å². The van der Waals surface area contributed by atoms with Crippen LogP contribution in [0.25, 0.3) is 0 Å². The molecule has 2 rings (SSSR count). The van der Waals surface area contributed by atoms with Crippen LogP contribution in [0.4, 0.5) is 0 Å². The molecule has 1 aromatic rings. The van der Waals surface area contributed by atoms with Gasteiger partial charge in [0, 0.05) is 25.4 Å². The first kappa shape index (κ1) is 7.03. The summed E-state index contributed by atoms with van der Waals surface area (Å²) >= 11 is 0. The quantitative estimate of drug-likeness (QED) is 0.617. The molecule has 0 N–H and O–H groups in total. The van der Waals surface area contributed by atoms with E-state index < -0.39 is 10.8 Å². The molecule has 0 unspecified atom stereocenters. The standard InChI is InChI=1S/C7H10N2OS/c1-11(10)7-5-9-4-2-3-6(9)8-7/h5H,2-4H2,1H3/t11-/m1/s1. The van der Waals surface area contributed by atoms with Gasteiger partial charge in [-0.25, -0.2) is 4.98 Å². The maximum absolute atomic E-state index is 11.0. The van der Waals surface area contributed by atoms with Crippen molar-refractivity contribution in [3.8, 4) is 0 Å². The van der Waals surface area contributed by atoms with Crippen LogP contribution in [-0.2, 0) is 23.8 Å². The lowest BCUT2D eigenvalue weighted by atomic mass is 10.4. The van der Waals surface area contributed by atoms with Gasteiger partial charge in [-0.15, -0.1) is 0 Å². The highest BCUT2D eigenvalue weighted by Gasteiger charge is 2.14. The lowest BCUT2D eigenvalue weighted by Gasteiger charge is -1.89. The second kappa shape index (κ2) is 2.44. The van der Waals surface area contributed by atoms with Crippen LogP contribution in [-0.4, -0.2) is 20.0 Å². The molecule has 0 fully saturated rings. The molecular weight excluding hydrogens is 160 g/mol. The van der Waals surface area contributed by atoms with E-state index in [1.807, 2.05) is 6.20 Å². The van der Waals surface area contributed by atoms with E-state index in [4.69, 9.17) is 0 Å². The third kappa shape index (κ3) is 1.11. The van der Waals surface area contributed by atoms with Crippen LogP contribution in [0.1, 0.15) is 12.2 Å². The molecule has 1 aliphatic heterocycles. The molecule has 0 spiro atoms. The van der Waals surface area contributed by atoms with Crippen molar-refractivity contribution in [1.29, 1.82) is 0 Å². The Morgan fingerprint density at radius 2 is 2.55 bits per heavy atom. The summed E-state index contributed by atoms with van der Waals surface area (Å²) in [5.41, 5.74) is 0. The molecule has 1 aliphatic rings. The number of aryl methyl sites for hydroxylation is 2. The summed E-state index contributed by atoms with van der Waals surface area (Å²) in [6.07, 6.45) is 5.78. The first-order valence-electron chi connectivity index (χ1n) is 3.67. The van der Waals surface area contributed by atoms with E-state index in [0.717, 1.165) is 23.8 Å². The van der Waals surface area contributed by atoms with Gasteiger partial charge in [-0.05, 0) is 6.42 Å². The van der Waals surface area contributed by atoms with Gasteiger partial charge in [0.1, 0.15) is 10.9 Å². The molecule has 2 heterocycles. The zero-order valence-corrected chi connectivity index (χ0v) is 7.23. The van der Waals surface area contributed by atoms with Crippen LogP contribution < -0.4 is 0 Å². The van der Waals surface area contributed by atoms with Gasteiger partial charge in [-0.1, -0.05) is 0 Å². The van der Waals surface area contributed by atoms with Crippen LogP contribution in [0.2, 0.25) is 0 Å². The molecule has 11 heavy (non-hydrogen) atoms. The van der Waals surface area contributed by atoms with Crippen LogP contribution in [0.5, 0.6) is 0 Å². The van der Waals surface area contributed by atoms with E-state index in [-0.39, 0.29) is 0 Å². The van der Waals surface area contributed by atoms with Gasteiger partial charge in [-0.3, -0.25) is 4.21 Å². The summed E-state index contributed by atoms with van der Waals surface area (Å²) in [5.74, 6) is 1.09. The van der Waals surface area contributed by atoms with E-state index >= 15 is 0 Å². The SMILES string of the molecule is C[S@@](=O)c1cn2c(n1)CCC2. The van der Waals surface area contributed by atoms with Crippen molar-refractivity contribution in [1.82, 2.24) is 9.55 Å². The Kier molecular flexibility index (Phi) is 1.56. The number of nitrogens with zero attached hydrogens (tertiary/aromatic N) is 2. The average Bonchev–Trinajstić information content (AvgIpc) is 2.40. The van der Waals surface area contributed by atoms with Gasteiger partial charge in [0.15, 0.2) is 0 Å². The van der Waals surface area contributed by atoms with E-state index in [2.05, 4.69) is 9.55 Å². The zero-order valence-electron chi connectivity index (χ0n) is 6.41. The van der Waals surface area contributed by atoms with Crippen LogP contribution >= 0.6 is 0 Å². The number of hydrogen-bond acceptors (Lipinski definition) is 2. The smallest absolute Gasteiger partial charge is 0.145 e. The van der Waals surface area contributed by atoms with Crippen molar-refractivity contribution in [2.75, 3.05) is 6.26 Å². The molecule has 0 aliphatic carbocycles. The second-order valence-corrected chi connectivity index (χ2v) is 4.07. The minimum atomic E-state index is -0.918. The molecule has 0 bridgehead atoms. The van der Waals surface area contributed by atoms with Crippen LogP contribution in [0, 0.1) is 0 Å². The van der Waals surface area contributed by atoms with Crippen molar-refractivity contribution in [2.24, 2.45) is 0 Å². The third-order valence-electron chi connectivity index (χ3n) is 1.93. The van der Waals surface area contributed by atoms with Gasteiger partial charge in [0.25, 0.3) is 0 Å². The lowest BCUT2D eigenvalue weighted by Crippen LogP contribution is -1.88. The molecule has 60 valence electrons. The van der Waals surface area contributed by atoms with Gasteiger partial charge >= 0.3 is 0 Å². The molecule has 4 heteroatoms. The van der Waals surface area contributed by atoms with Crippen LogP contribution in [0.3, 0.4) is 0 Å². The van der Waals surface area contributed by atoms with E-state index in [1.54, 1.807) is 6.26 Å². The molecule has 0 radical (unpaired) electrons. The van der Waals surface area contributed by atoms with Crippen molar-refractivity contribution in [2.45, 2.75) is 24.4 Å². The monoisotopic (exact) mass is 170 g/mol. The molecule has 1 aromatic heterocycles. The maximum atomic E-state index is 11.0.